The van der Waals surface area contributed by atoms with Crippen LogP contribution < -0.4 is 5.32 Å². The van der Waals surface area contributed by atoms with Crippen molar-refractivity contribution in [2.45, 2.75) is 19.8 Å². The van der Waals surface area contributed by atoms with Crippen LogP contribution in [0.4, 0.5) is 4.39 Å². The molecule has 0 bridgehead atoms. The summed E-state index contributed by atoms with van der Waals surface area (Å²) in [5, 5.41) is 10.2. The Morgan fingerprint density at radius 3 is 2.72 bits per heavy atom. The maximum Gasteiger partial charge on any atom is 0.277 e. The van der Waals surface area contributed by atoms with E-state index in [0.717, 1.165) is 18.4 Å². The zero-order chi connectivity index (χ0) is 20.4. The average molecular weight is 396 g/mol. The number of halogens is 1. The third-order valence-corrected chi connectivity index (χ3v) is 5.21. The van der Waals surface area contributed by atoms with Crippen molar-refractivity contribution in [1.29, 1.82) is 0 Å². The fraction of sp³-hybridized carbons (Fsp3) is 0.350. The smallest absolute Gasteiger partial charge is 0.277 e. The first kappa shape index (κ1) is 19.0. The maximum absolute atomic E-state index is 14.7. The van der Waals surface area contributed by atoms with Gasteiger partial charge >= 0.3 is 0 Å². The number of hydrogen-bond donors (Lipinski definition) is 1. The van der Waals surface area contributed by atoms with E-state index in [4.69, 9.17) is 0 Å². The van der Waals surface area contributed by atoms with Crippen LogP contribution in [0.25, 0.3) is 5.65 Å². The average Bonchev–Trinajstić information content (AvgIpc) is 3.08. The Morgan fingerprint density at radius 1 is 1.21 bits per heavy atom. The molecule has 0 aromatic carbocycles. The molecule has 3 aromatic heterocycles. The van der Waals surface area contributed by atoms with E-state index in [0.29, 0.717) is 30.8 Å². The molecule has 0 saturated carbocycles. The molecule has 29 heavy (non-hydrogen) atoms. The van der Waals surface area contributed by atoms with Crippen LogP contribution in [0.3, 0.4) is 0 Å². The van der Waals surface area contributed by atoms with Crippen LogP contribution in [0.2, 0.25) is 0 Å². The number of hydrogen-bond acceptors (Lipinski definition) is 5. The number of likely N-dealkylation sites (tertiary alicyclic amines) is 1. The van der Waals surface area contributed by atoms with Crippen LogP contribution in [-0.2, 0) is 0 Å². The van der Waals surface area contributed by atoms with Crippen LogP contribution in [0.5, 0.6) is 0 Å². The molecule has 0 atom stereocenters. The molecule has 2 amide bonds. The van der Waals surface area contributed by atoms with Gasteiger partial charge in [-0.25, -0.2) is 4.98 Å². The van der Waals surface area contributed by atoms with Gasteiger partial charge in [0.1, 0.15) is 5.65 Å². The van der Waals surface area contributed by atoms with Gasteiger partial charge in [0.2, 0.25) is 5.95 Å². The number of carbonyl (C=O) groups is 2. The Morgan fingerprint density at radius 2 is 2.00 bits per heavy atom. The van der Waals surface area contributed by atoms with Gasteiger partial charge in [-0.3, -0.25) is 14.0 Å². The summed E-state index contributed by atoms with van der Waals surface area (Å²) in [5.41, 5.74) is 1.62. The number of fused-ring (bicyclic) bond motifs is 1. The summed E-state index contributed by atoms with van der Waals surface area (Å²) in [6, 6.07) is 5.13. The van der Waals surface area contributed by atoms with Gasteiger partial charge in [-0.15, -0.1) is 0 Å². The van der Waals surface area contributed by atoms with Crippen LogP contribution in [0, 0.1) is 18.8 Å². The first-order chi connectivity index (χ1) is 14.0. The number of carbonyl (C=O) groups excluding carboxylic acids is 2. The van der Waals surface area contributed by atoms with Gasteiger partial charge in [0.25, 0.3) is 11.8 Å². The largest absolute Gasteiger partial charge is 0.352 e. The van der Waals surface area contributed by atoms with Crippen molar-refractivity contribution in [3.63, 3.8) is 0 Å². The molecule has 9 heteroatoms. The fourth-order valence-electron chi connectivity index (χ4n) is 3.51. The Kier molecular flexibility index (Phi) is 5.20. The van der Waals surface area contributed by atoms with E-state index in [2.05, 4.69) is 20.5 Å². The van der Waals surface area contributed by atoms with Crippen LogP contribution in [-0.4, -0.2) is 55.9 Å². The maximum atomic E-state index is 14.7. The Labute approximate surface area is 166 Å². The zero-order valence-electron chi connectivity index (χ0n) is 16.0. The van der Waals surface area contributed by atoms with Gasteiger partial charge in [-0.1, -0.05) is 6.07 Å². The van der Waals surface area contributed by atoms with E-state index in [-0.39, 0.29) is 17.5 Å². The van der Waals surface area contributed by atoms with E-state index in [1.807, 2.05) is 13.0 Å². The lowest BCUT2D eigenvalue weighted by atomic mass is 9.96. The Balaban J connectivity index is 1.34. The fourth-order valence-corrected chi connectivity index (χ4v) is 3.51. The highest BCUT2D eigenvalue weighted by Crippen LogP contribution is 2.20. The second-order valence-electron chi connectivity index (χ2n) is 7.26. The first-order valence-electron chi connectivity index (χ1n) is 9.51. The number of amides is 2. The van der Waals surface area contributed by atoms with Crippen LogP contribution in [0.1, 0.15) is 39.3 Å². The predicted octanol–water partition coefficient (Wildman–Crippen LogP) is 1.85. The van der Waals surface area contributed by atoms with Crippen LogP contribution >= 0.6 is 0 Å². The molecule has 1 N–H and O–H groups in total. The lowest BCUT2D eigenvalue weighted by molar-refractivity contribution is 0.0674. The van der Waals surface area contributed by atoms with Crippen molar-refractivity contribution in [3.8, 4) is 0 Å². The monoisotopic (exact) mass is 396 g/mol. The minimum atomic E-state index is -0.631. The molecule has 0 spiro atoms. The molecule has 150 valence electrons. The van der Waals surface area contributed by atoms with Crippen molar-refractivity contribution < 1.29 is 14.0 Å². The Hall–Kier alpha value is -3.36. The number of imidazole rings is 1. The third-order valence-electron chi connectivity index (χ3n) is 5.21. The standard InChI is InChI=1S/C20H21FN6O2/c1-13-2-3-16-25-17(18(21)27(16)12-13)20(29)26-8-5-14(6-9-26)10-22-19(28)15-4-7-23-24-11-15/h2-4,7,11-12,14H,5-6,8-10H2,1H3,(H,22,28). The molecule has 0 unspecified atom stereocenters. The molecule has 8 nitrogen and oxygen atoms in total. The predicted molar refractivity (Wildman–Crippen MR) is 103 cm³/mol. The van der Waals surface area contributed by atoms with E-state index in [1.165, 1.54) is 16.8 Å². The minimum Gasteiger partial charge on any atom is -0.352 e. The van der Waals surface area contributed by atoms with E-state index >= 15 is 0 Å². The van der Waals surface area contributed by atoms with E-state index in [9.17, 15) is 14.0 Å². The van der Waals surface area contributed by atoms with Crippen molar-refractivity contribution in [1.82, 2.24) is 29.8 Å². The third kappa shape index (κ3) is 3.94. The summed E-state index contributed by atoms with van der Waals surface area (Å²) in [6.07, 6.45) is 5.98. The lowest BCUT2D eigenvalue weighted by Gasteiger charge is -2.31. The number of piperidine rings is 1. The molecule has 3 aromatic rings. The van der Waals surface area contributed by atoms with Crippen LogP contribution in [0.15, 0.2) is 36.8 Å². The number of rotatable bonds is 4. The molecule has 1 saturated heterocycles. The highest BCUT2D eigenvalue weighted by atomic mass is 19.1. The van der Waals surface area contributed by atoms with E-state index < -0.39 is 11.9 Å². The summed E-state index contributed by atoms with van der Waals surface area (Å²) >= 11 is 0. The van der Waals surface area contributed by atoms with Gasteiger partial charge in [0.05, 0.1) is 18.0 Å². The normalized spacial score (nSPS) is 14.9. The Bertz CT molecular complexity index is 1040. The highest BCUT2D eigenvalue weighted by Gasteiger charge is 2.28. The number of nitrogens with one attached hydrogen (secondary N) is 1. The summed E-state index contributed by atoms with van der Waals surface area (Å²) in [4.78, 5) is 30.7. The van der Waals surface area contributed by atoms with Crippen molar-refractivity contribution >= 4 is 17.5 Å². The van der Waals surface area contributed by atoms with Gasteiger partial charge in [0.15, 0.2) is 5.69 Å². The minimum absolute atomic E-state index is 0.146. The number of nitrogens with zero attached hydrogens (tertiary/aromatic N) is 5. The first-order valence-corrected chi connectivity index (χ1v) is 9.51. The highest BCUT2D eigenvalue weighted by molar-refractivity contribution is 5.94. The summed E-state index contributed by atoms with van der Waals surface area (Å²) in [7, 11) is 0. The van der Waals surface area contributed by atoms with Crippen molar-refractivity contribution in [2.24, 2.45) is 5.92 Å². The van der Waals surface area contributed by atoms with E-state index in [1.54, 1.807) is 23.2 Å². The summed E-state index contributed by atoms with van der Waals surface area (Å²) in [6.45, 7) is 3.38. The number of aryl methyl sites for hydroxylation is 1. The molecule has 1 aliphatic rings. The van der Waals surface area contributed by atoms with Gasteiger partial charge in [-0.05, 0) is 43.4 Å². The van der Waals surface area contributed by atoms with Gasteiger partial charge in [0, 0.05) is 25.8 Å². The molecular formula is C20H21FN6O2. The van der Waals surface area contributed by atoms with Gasteiger partial charge < -0.3 is 10.2 Å². The number of aromatic nitrogens is 4. The zero-order valence-corrected chi connectivity index (χ0v) is 16.0. The quantitative estimate of drug-likeness (QED) is 0.727. The van der Waals surface area contributed by atoms with Gasteiger partial charge in [-0.2, -0.15) is 14.6 Å². The second kappa shape index (κ2) is 7.94. The summed E-state index contributed by atoms with van der Waals surface area (Å²) in [5.74, 6) is -0.963. The second-order valence-corrected chi connectivity index (χ2v) is 7.26. The van der Waals surface area contributed by atoms with Crippen molar-refractivity contribution in [2.75, 3.05) is 19.6 Å². The molecule has 1 fully saturated rings. The SMILES string of the molecule is Cc1ccc2nc(C(=O)N3CCC(CNC(=O)c4ccnnc4)CC3)c(F)n2c1. The van der Waals surface area contributed by atoms with Crippen molar-refractivity contribution in [3.05, 3.63) is 59.6 Å². The molecule has 4 heterocycles. The molecule has 4 rings (SSSR count). The molecule has 0 aliphatic carbocycles. The molecule has 0 radical (unpaired) electrons. The summed E-state index contributed by atoms with van der Waals surface area (Å²) < 4.78 is 16.0. The molecule has 1 aliphatic heterocycles. The lowest BCUT2D eigenvalue weighted by Crippen LogP contribution is -2.42. The topological polar surface area (TPSA) is 92.5 Å². The number of pyridine rings is 1. The molecular weight excluding hydrogens is 375 g/mol.